The molecule has 0 atom stereocenters. The maximum absolute atomic E-state index is 5.20. The molecule has 0 aromatic carbocycles. The molecule has 4 N–H and O–H groups in total. The van der Waals surface area contributed by atoms with Gasteiger partial charge in [0.2, 0.25) is 0 Å². The summed E-state index contributed by atoms with van der Waals surface area (Å²) in [6, 6.07) is 0. The third-order valence-electron chi connectivity index (χ3n) is 0.803. The largest absolute Gasteiger partial charge is 1.00 e. The molecule has 0 saturated carbocycles. The topological polar surface area (TPSA) is 55.0 Å². The van der Waals surface area contributed by atoms with Crippen molar-refractivity contribution < 1.29 is 21.3 Å². The maximum Gasteiger partial charge on any atom is 0.318 e. The number of hydrogen-bond donors (Lipinski definition) is 1. The Morgan fingerprint density at radius 3 is 1.60 bits per heavy atom. The standard InChI is InChI=1S/C5H14O2Si.ClH.H3N/c1-4-6-8(3)7-5-2;;/h8H,4-5H2,1-3H3;1H;1H3. The first-order chi connectivity index (χ1) is 3.81. The molecule has 10 heavy (non-hydrogen) atoms. The van der Waals surface area contributed by atoms with E-state index in [2.05, 4.69) is 0 Å². The minimum absolute atomic E-state index is 0. The first-order valence-electron chi connectivity index (χ1n) is 3.04. The highest BCUT2D eigenvalue weighted by Crippen LogP contribution is 1.85. The molecule has 0 fully saturated rings. The van der Waals surface area contributed by atoms with Crippen LogP contribution in [0.3, 0.4) is 0 Å². The van der Waals surface area contributed by atoms with E-state index in [0.717, 1.165) is 13.2 Å². The normalized spacial score (nSPS) is 8.40. The zero-order valence-electron chi connectivity index (χ0n) is 7.19. The van der Waals surface area contributed by atoms with Crippen LogP contribution in [0.5, 0.6) is 0 Å². The van der Waals surface area contributed by atoms with E-state index in [1.165, 1.54) is 0 Å². The fourth-order valence-electron chi connectivity index (χ4n) is 0.518. The van der Waals surface area contributed by atoms with E-state index in [1.807, 2.05) is 20.4 Å². The van der Waals surface area contributed by atoms with Crippen LogP contribution in [0.2, 0.25) is 6.55 Å². The van der Waals surface area contributed by atoms with Crippen molar-refractivity contribution in [2.75, 3.05) is 13.2 Å². The fourth-order valence-corrected chi connectivity index (χ4v) is 1.55. The van der Waals surface area contributed by atoms with Gasteiger partial charge in [0.05, 0.1) is 0 Å². The van der Waals surface area contributed by atoms with Gasteiger partial charge in [-0.15, -0.1) is 0 Å². The van der Waals surface area contributed by atoms with Crippen molar-refractivity contribution in [1.82, 2.24) is 6.15 Å². The van der Waals surface area contributed by atoms with Crippen molar-refractivity contribution in [3.05, 3.63) is 0 Å². The molecule has 0 rings (SSSR count). The second-order valence-corrected chi connectivity index (χ2v) is 3.28. The molecular formula is C5H18ClNO2Si. The number of halogens is 1. The summed E-state index contributed by atoms with van der Waals surface area (Å²) in [7, 11) is -1.20. The summed E-state index contributed by atoms with van der Waals surface area (Å²) in [5, 5.41) is 0. The van der Waals surface area contributed by atoms with Crippen LogP contribution in [-0.4, -0.2) is 22.5 Å². The summed E-state index contributed by atoms with van der Waals surface area (Å²) in [5.74, 6) is 0. The van der Waals surface area contributed by atoms with Gasteiger partial charge in [-0.3, -0.25) is 0 Å². The highest BCUT2D eigenvalue weighted by Gasteiger charge is 1.99. The molecule has 0 aliphatic rings. The summed E-state index contributed by atoms with van der Waals surface area (Å²) < 4.78 is 10.4. The van der Waals surface area contributed by atoms with Gasteiger partial charge < -0.3 is 27.4 Å². The zero-order valence-corrected chi connectivity index (χ0v) is 9.10. The SMILES string of the molecule is CCO[SiH](C)OCC.[Cl-].[NH4+]. The molecule has 0 aromatic heterocycles. The average Bonchev–Trinajstić information content (AvgIpc) is 1.68. The second-order valence-electron chi connectivity index (χ2n) is 1.48. The number of quaternary nitrogens is 1. The zero-order chi connectivity index (χ0) is 6.41. The van der Waals surface area contributed by atoms with Gasteiger partial charge in [-0.2, -0.15) is 0 Å². The third kappa shape index (κ3) is 11.2. The Kier molecular flexibility index (Phi) is 20.3. The minimum atomic E-state index is -1.20. The summed E-state index contributed by atoms with van der Waals surface area (Å²) in [6.07, 6.45) is 0. The van der Waals surface area contributed by atoms with Gasteiger partial charge in [-0.25, -0.2) is 0 Å². The van der Waals surface area contributed by atoms with Gasteiger partial charge in [-0.05, 0) is 20.4 Å². The fraction of sp³-hybridized carbons (Fsp3) is 1.00. The molecule has 3 nitrogen and oxygen atoms in total. The Morgan fingerprint density at radius 1 is 1.10 bits per heavy atom. The Morgan fingerprint density at radius 2 is 1.40 bits per heavy atom. The van der Waals surface area contributed by atoms with Gasteiger partial charge >= 0.3 is 9.28 Å². The first-order valence-corrected chi connectivity index (χ1v) is 5.14. The van der Waals surface area contributed by atoms with E-state index in [4.69, 9.17) is 8.85 Å². The van der Waals surface area contributed by atoms with Crippen LogP contribution in [0.25, 0.3) is 0 Å². The maximum atomic E-state index is 5.20. The monoisotopic (exact) mass is 187 g/mol. The molecule has 0 heterocycles. The van der Waals surface area contributed by atoms with E-state index in [0.29, 0.717) is 0 Å². The molecular weight excluding hydrogens is 170 g/mol. The van der Waals surface area contributed by atoms with Gasteiger partial charge in [0.25, 0.3) is 0 Å². The molecule has 5 heteroatoms. The molecule has 0 unspecified atom stereocenters. The van der Waals surface area contributed by atoms with Gasteiger partial charge in [0.15, 0.2) is 0 Å². The Labute approximate surface area is 70.9 Å². The molecule has 0 aromatic rings. The van der Waals surface area contributed by atoms with E-state index in [-0.39, 0.29) is 18.6 Å². The van der Waals surface area contributed by atoms with Crippen molar-refractivity contribution in [3.8, 4) is 0 Å². The Hall–Kier alpha value is 0.387. The summed E-state index contributed by atoms with van der Waals surface area (Å²) in [4.78, 5) is 0. The van der Waals surface area contributed by atoms with E-state index >= 15 is 0 Å². The number of rotatable bonds is 4. The van der Waals surface area contributed by atoms with E-state index < -0.39 is 9.28 Å². The van der Waals surface area contributed by atoms with Crippen LogP contribution < -0.4 is 18.6 Å². The molecule has 0 aliphatic heterocycles. The molecule has 0 spiro atoms. The lowest BCUT2D eigenvalue weighted by atomic mass is 10.9. The molecule has 0 bridgehead atoms. The molecule has 66 valence electrons. The third-order valence-corrected chi connectivity index (χ3v) is 2.41. The van der Waals surface area contributed by atoms with Crippen molar-refractivity contribution in [1.29, 1.82) is 0 Å². The molecule has 0 aliphatic carbocycles. The van der Waals surface area contributed by atoms with Crippen LogP contribution in [-0.2, 0) is 8.85 Å². The van der Waals surface area contributed by atoms with Crippen molar-refractivity contribution >= 4 is 9.28 Å². The van der Waals surface area contributed by atoms with Crippen LogP contribution in [0.1, 0.15) is 13.8 Å². The van der Waals surface area contributed by atoms with Gasteiger partial charge in [-0.1, -0.05) is 0 Å². The lowest BCUT2D eigenvalue weighted by Crippen LogP contribution is -3.00. The summed E-state index contributed by atoms with van der Waals surface area (Å²) in [6.45, 7) is 7.58. The van der Waals surface area contributed by atoms with E-state index in [9.17, 15) is 0 Å². The van der Waals surface area contributed by atoms with E-state index in [1.54, 1.807) is 0 Å². The number of hydrogen-bond acceptors (Lipinski definition) is 2. The predicted octanol–water partition coefficient (Wildman–Crippen LogP) is -1.71. The average molecular weight is 188 g/mol. The van der Waals surface area contributed by atoms with Crippen LogP contribution >= 0.6 is 0 Å². The lowest BCUT2D eigenvalue weighted by molar-refractivity contribution is -0.00000473. The highest BCUT2D eigenvalue weighted by molar-refractivity contribution is 6.42. The van der Waals surface area contributed by atoms with Gasteiger partial charge in [0, 0.05) is 13.2 Å². The summed E-state index contributed by atoms with van der Waals surface area (Å²) in [5.41, 5.74) is 0. The Balaban J connectivity index is -0.000000245. The van der Waals surface area contributed by atoms with Crippen LogP contribution in [0.4, 0.5) is 0 Å². The van der Waals surface area contributed by atoms with Gasteiger partial charge in [0.1, 0.15) is 0 Å². The van der Waals surface area contributed by atoms with Crippen molar-refractivity contribution in [2.45, 2.75) is 20.4 Å². The van der Waals surface area contributed by atoms with Crippen LogP contribution in [0, 0.1) is 0 Å². The van der Waals surface area contributed by atoms with Crippen LogP contribution in [0.15, 0.2) is 0 Å². The highest BCUT2D eigenvalue weighted by atomic mass is 35.5. The first kappa shape index (κ1) is 16.8. The predicted molar refractivity (Wildman–Crippen MR) is 42.2 cm³/mol. The Bertz CT molecular complexity index is 52.9. The molecule has 0 radical (unpaired) electrons. The minimum Gasteiger partial charge on any atom is -1.00 e. The lowest BCUT2D eigenvalue weighted by Gasteiger charge is -2.07. The summed E-state index contributed by atoms with van der Waals surface area (Å²) >= 11 is 0. The molecule has 0 saturated heterocycles. The smallest absolute Gasteiger partial charge is 0.318 e. The van der Waals surface area contributed by atoms with Crippen molar-refractivity contribution in [2.24, 2.45) is 0 Å². The van der Waals surface area contributed by atoms with Crippen molar-refractivity contribution in [3.63, 3.8) is 0 Å². The second kappa shape index (κ2) is 12.1. The molecule has 0 amide bonds. The quantitative estimate of drug-likeness (QED) is 0.533.